The van der Waals surface area contributed by atoms with E-state index in [9.17, 15) is 36.3 Å². The molecule has 0 unspecified atom stereocenters. The number of alkyl halides is 6. The first kappa shape index (κ1) is 29.8. The molecule has 41 heavy (non-hydrogen) atoms. The molecule has 0 radical (unpaired) electrons. The quantitative estimate of drug-likeness (QED) is 0.220. The maximum absolute atomic E-state index is 13.4. The van der Waals surface area contributed by atoms with Gasteiger partial charge in [-0.15, -0.1) is 0 Å². The standard InChI is InChI=1S/C27H24F6N3O5/c1-40-24-11-16(5-8-23(24)41-20-13-18(27(31,32)33)12-19(15-20)36(38)39)25(37)34-21-14-17(26(28,29)30)6-7-22(21)35-9-3-2-4-10-35/h5-8,11-15,38H,2-4,9-10H2,1H3,(H,34,37)/q-1. The fourth-order valence-electron chi connectivity index (χ4n) is 4.35. The summed E-state index contributed by atoms with van der Waals surface area (Å²) in [6, 6.07) is 8.66. The van der Waals surface area contributed by atoms with Crippen LogP contribution in [0.15, 0.2) is 54.6 Å². The molecule has 1 aliphatic rings. The summed E-state index contributed by atoms with van der Waals surface area (Å²) in [6.07, 6.45) is -6.79. The summed E-state index contributed by atoms with van der Waals surface area (Å²) in [5.74, 6) is -1.47. The van der Waals surface area contributed by atoms with Crippen molar-refractivity contribution in [2.45, 2.75) is 31.6 Å². The molecule has 0 atom stereocenters. The lowest BCUT2D eigenvalue weighted by Gasteiger charge is -2.31. The van der Waals surface area contributed by atoms with E-state index < -0.39 is 46.1 Å². The first-order valence-electron chi connectivity index (χ1n) is 12.3. The van der Waals surface area contributed by atoms with Crippen molar-refractivity contribution in [2.24, 2.45) is 0 Å². The highest BCUT2D eigenvalue weighted by Gasteiger charge is 2.33. The average Bonchev–Trinajstić information content (AvgIpc) is 2.92. The van der Waals surface area contributed by atoms with Crippen molar-refractivity contribution in [2.75, 3.05) is 35.6 Å². The van der Waals surface area contributed by atoms with Gasteiger partial charge in [-0.2, -0.15) is 26.3 Å². The molecule has 8 nitrogen and oxygen atoms in total. The van der Waals surface area contributed by atoms with E-state index in [1.807, 2.05) is 4.90 Å². The lowest BCUT2D eigenvalue weighted by atomic mass is 10.1. The summed E-state index contributed by atoms with van der Waals surface area (Å²) in [7, 11) is 1.20. The van der Waals surface area contributed by atoms with E-state index in [0.29, 0.717) is 30.9 Å². The number of benzene rings is 3. The molecule has 1 saturated heterocycles. The van der Waals surface area contributed by atoms with Crippen LogP contribution in [0.3, 0.4) is 0 Å². The van der Waals surface area contributed by atoms with Gasteiger partial charge in [-0.05, 0) is 67.8 Å². The number of carbonyl (C=O) groups excluding carboxylic acids is 1. The Kier molecular flexibility index (Phi) is 8.54. The lowest BCUT2D eigenvalue weighted by Crippen LogP contribution is -2.30. The predicted molar refractivity (Wildman–Crippen MR) is 138 cm³/mol. The zero-order chi connectivity index (χ0) is 29.9. The van der Waals surface area contributed by atoms with E-state index in [-0.39, 0.29) is 22.7 Å². The topological polar surface area (TPSA) is 97.3 Å². The van der Waals surface area contributed by atoms with Crippen molar-refractivity contribution in [3.05, 3.63) is 76.5 Å². The number of ether oxygens (including phenoxy) is 2. The van der Waals surface area contributed by atoms with Gasteiger partial charge in [0.05, 0.1) is 35.3 Å². The normalized spacial score (nSPS) is 14.0. The molecule has 220 valence electrons. The second-order valence-electron chi connectivity index (χ2n) is 9.19. The number of hydrogen-bond acceptors (Lipinski definition) is 7. The highest BCUT2D eigenvalue weighted by molar-refractivity contribution is 6.06. The van der Waals surface area contributed by atoms with Crippen molar-refractivity contribution >= 4 is 23.0 Å². The molecule has 3 aromatic carbocycles. The van der Waals surface area contributed by atoms with E-state index in [1.165, 1.54) is 31.4 Å². The van der Waals surface area contributed by atoms with Gasteiger partial charge in [-0.1, -0.05) is 0 Å². The zero-order valence-electron chi connectivity index (χ0n) is 21.5. The van der Waals surface area contributed by atoms with Crippen molar-refractivity contribution in [3.63, 3.8) is 0 Å². The molecule has 14 heteroatoms. The summed E-state index contributed by atoms with van der Waals surface area (Å²) < 4.78 is 90.8. The average molecular weight is 584 g/mol. The molecule has 4 rings (SSSR count). The third-order valence-electron chi connectivity index (χ3n) is 6.36. The van der Waals surface area contributed by atoms with E-state index in [2.05, 4.69) is 5.32 Å². The smallest absolute Gasteiger partial charge is 0.416 e. The monoisotopic (exact) mass is 584 g/mol. The molecule has 2 N–H and O–H groups in total. The van der Waals surface area contributed by atoms with E-state index in [4.69, 9.17) is 14.7 Å². The van der Waals surface area contributed by atoms with Crippen LogP contribution in [0.25, 0.3) is 0 Å². The number of anilines is 3. The van der Waals surface area contributed by atoms with Gasteiger partial charge >= 0.3 is 12.4 Å². The molecular weight excluding hydrogens is 560 g/mol. The number of hydrogen-bond donors (Lipinski definition) is 2. The highest BCUT2D eigenvalue weighted by Crippen LogP contribution is 2.40. The van der Waals surface area contributed by atoms with Crippen LogP contribution in [0.5, 0.6) is 17.2 Å². The Morgan fingerprint density at radius 3 is 2.20 bits per heavy atom. The fraction of sp³-hybridized carbons (Fsp3) is 0.296. The Morgan fingerprint density at radius 2 is 1.59 bits per heavy atom. The SMILES string of the molecule is COc1cc(C(=O)Nc2cc(C(F)(F)F)ccc2N2CCCCC2)ccc1Oc1cc(N([O-])O)cc(C(F)(F)F)c1. The molecule has 1 heterocycles. The maximum atomic E-state index is 13.4. The van der Waals surface area contributed by atoms with Crippen LogP contribution in [0, 0.1) is 5.21 Å². The molecule has 0 bridgehead atoms. The van der Waals surface area contributed by atoms with Gasteiger partial charge in [0.1, 0.15) is 5.75 Å². The number of halogens is 6. The minimum Gasteiger partial charge on any atom is -0.733 e. The molecule has 1 amide bonds. The summed E-state index contributed by atoms with van der Waals surface area (Å²) in [6.45, 7) is 1.23. The molecule has 1 aliphatic heterocycles. The van der Waals surface area contributed by atoms with Gasteiger partial charge in [0.25, 0.3) is 5.91 Å². The molecule has 0 aliphatic carbocycles. The van der Waals surface area contributed by atoms with E-state index >= 15 is 0 Å². The van der Waals surface area contributed by atoms with Crippen LogP contribution in [0.4, 0.5) is 43.4 Å². The second kappa shape index (κ2) is 11.7. The maximum Gasteiger partial charge on any atom is 0.416 e. The summed E-state index contributed by atoms with van der Waals surface area (Å²) in [5, 5.41) is 22.1. The Hall–Kier alpha value is -4.17. The van der Waals surface area contributed by atoms with Gasteiger partial charge in [-0.3, -0.25) is 10.0 Å². The number of methoxy groups -OCH3 is 1. The van der Waals surface area contributed by atoms with Gasteiger partial charge in [0, 0.05) is 24.7 Å². The lowest BCUT2D eigenvalue weighted by molar-refractivity contribution is -0.138. The number of carbonyl (C=O) groups is 1. The first-order valence-corrected chi connectivity index (χ1v) is 12.3. The number of nitrogens with one attached hydrogen (secondary N) is 1. The van der Waals surface area contributed by atoms with Crippen LogP contribution in [0.1, 0.15) is 40.7 Å². The van der Waals surface area contributed by atoms with Crippen LogP contribution >= 0.6 is 0 Å². The minimum absolute atomic E-state index is 0.0336. The Bertz CT molecular complexity index is 1410. The zero-order valence-corrected chi connectivity index (χ0v) is 21.5. The predicted octanol–water partition coefficient (Wildman–Crippen LogP) is 7.46. The Morgan fingerprint density at radius 1 is 0.902 bits per heavy atom. The summed E-state index contributed by atoms with van der Waals surface area (Å²) in [4.78, 5) is 15.0. The third-order valence-corrected chi connectivity index (χ3v) is 6.36. The van der Waals surface area contributed by atoms with Gasteiger partial charge in [0.15, 0.2) is 11.5 Å². The summed E-state index contributed by atoms with van der Waals surface area (Å²) >= 11 is 0. The number of piperidine rings is 1. The van der Waals surface area contributed by atoms with Gasteiger partial charge in [0.2, 0.25) is 0 Å². The fourth-order valence-corrected chi connectivity index (χ4v) is 4.35. The Balaban J connectivity index is 1.63. The third kappa shape index (κ3) is 7.13. The van der Waals surface area contributed by atoms with Crippen LogP contribution < -0.4 is 24.9 Å². The number of rotatable bonds is 7. The second-order valence-corrected chi connectivity index (χ2v) is 9.19. The van der Waals surface area contributed by atoms with Crippen LogP contribution in [-0.4, -0.2) is 31.3 Å². The van der Waals surface area contributed by atoms with Crippen molar-refractivity contribution in [3.8, 4) is 17.2 Å². The van der Waals surface area contributed by atoms with Crippen LogP contribution in [-0.2, 0) is 12.4 Å². The van der Waals surface area contributed by atoms with Crippen molar-refractivity contribution < 1.29 is 45.8 Å². The van der Waals surface area contributed by atoms with Gasteiger partial charge in [-0.25, -0.2) is 0 Å². The largest absolute Gasteiger partial charge is 0.733 e. The summed E-state index contributed by atoms with van der Waals surface area (Å²) in [5.41, 5.74) is -2.57. The Labute approximate surface area is 230 Å². The number of nitrogens with zero attached hydrogens (tertiary/aromatic N) is 2. The molecule has 1 fully saturated rings. The highest BCUT2D eigenvalue weighted by atomic mass is 19.4. The van der Waals surface area contributed by atoms with Crippen molar-refractivity contribution in [1.29, 1.82) is 0 Å². The van der Waals surface area contributed by atoms with E-state index in [0.717, 1.165) is 37.5 Å². The molecule has 0 spiro atoms. The molecular formula is C27H24F6N3O5-. The van der Waals surface area contributed by atoms with Crippen LogP contribution in [0.2, 0.25) is 0 Å². The van der Waals surface area contributed by atoms with Gasteiger partial charge < -0.3 is 30.1 Å². The molecule has 0 aromatic heterocycles. The number of amides is 1. The van der Waals surface area contributed by atoms with E-state index in [1.54, 1.807) is 0 Å². The minimum atomic E-state index is -4.85. The molecule has 0 saturated carbocycles. The van der Waals surface area contributed by atoms with Crippen molar-refractivity contribution in [1.82, 2.24) is 0 Å². The first-order chi connectivity index (χ1) is 19.3. The molecule has 3 aromatic rings.